The summed E-state index contributed by atoms with van der Waals surface area (Å²) in [4.78, 5) is 11.0. The Morgan fingerprint density at radius 1 is 1.61 bits per heavy atom. The van der Waals surface area contributed by atoms with Crippen molar-refractivity contribution in [3.63, 3.8) is 0 Å². The molecular formula is C12H20N2O4. The number of methoxy groups -OCH3 is 2. The maximum atomic E-state index is 11.0. The summed E-state index contributed by atoms with van der Waals surface area (Å²) in [6.07, 6.45) is 5.49. The summed E-state index contributed by atoms with van der Waals surface area (Å²) in [5, 5.41) is 12.9. The minimum absolute atomic E-state index is 0.0434. The van der Waals surface area contributed by atoms with E-state index >= 15 is 0 Å². The molecule has 0 fully saturated rings. The van der Waals surface area contributed by atoms with Crippen molar-refractivity contribution in [2.45, 2.75) is 12.2 Å². The highest BCUT2D eigenvalue weighted by Gasteiger charge is 2.35. The van der Waals surface area contributed by atoms with Crippen molar-refractivity contribution in [2.24, 2.45) is 11.7 Å². The first kappa shape index (κ1) is 14.7. The number of rotatable bonds is 6. The molecule has 0 saturated heterocycles. The average molecular weight is 256 g/mol. The summed E-state index contributed by atoms with van der Waals surface area (Å²) in [6, 6.07) is 0. The van der Waals surface area contributed by atoms with Crippen LogP contribution in [0.2, 0.25) is 0 Å². The number of carbonyl (C=O) groups excluding carboxylic acids is 1. The SMILES string of the molecule is COC1=CC(CCNC(=O)CN)C(O)(OC)C=C1. The number of hydrogen-bond donors (Lipinski definition) is 3. The van der Waals surface area contributed by atoms with Crippen LogP contribution < -0.4 is 11.1 Å². The van der Waals surface area contributed by atoms with Gasteiger partial charge in [-0.2, -0.15) is 0 Å². The lowest BCUT2D eigenvalue weighted by Crippen LogP contribution is -2.41. The molecule has 0 heterocycles. The molecule has 4 N–H and O–H groups in total. The van der Waals surface area contributed by atoms with Crippen LogP contribution in [0.5, 0.6) is 0 Å². The van der Waals surface area contributed by atoms with E-state index in [-0.39, 0.29) is 18.4 Å². The Morgan fingerprint density at radius 3 is 2.89 bits per heavy atom. The van der Waals surface area contributed by atoms with Crippen LogP contribution in [0.1, 0.15) is 6.42 Å². The molecule has 2 atom stereocenters. The molecule has 0 bridgehead atoms. The molecule has 1 aliphatic rings. The van der Waals surface area contributed by atoms with Crippen LogP contribution in [0.15, 0.2) is 24.0 Å². The fourth-order valence-corrected chi connectivity index (χ4v) is 1.78. The average Bonchev–Trinajstić information content (AvgIpc) is 2.40. The fourth-order valence-electron chi connectivity index (χ4n) is 1.78. The van der Waals surface area contributed by atoms with Gasteiger partial charge >= 0.3 is 0 Å². The molecule has 1 amide bonds. The predicted octanol–water partition coefficient (Wildman–Crippen LogP) is -0.497. The Balaban J connectivity index is 2.61. The van der Waals surface area contributed by atoms with Crippen molar-refractivity contribution >= 4 is 5.91 Å². The zero-order valence-electron chi connectivity index (χ0n) is 10.7. The van der Waals surface area contributed by atoms with E-state index in [9.17, 15) is 9.90 Å². The molecule has 102 valence electrons. The summed E-state index contributed by atoms with van der Waals surface area (Å²) in [5.74, 6) is -1.22. The third-order valence-electron chi connectivity index (χ3n) is 2.91. The van der Waals surface area contributed by atoms with Crippen LogP contribution in [-0.2, 0) is 14.3 Å². The first-order valence-electron chi connectivity index (χ1n) is 5.75. The summed E-state index contributed by atoms with van der Waals surface area (Å²) in [7, 11) is 2.99. The molecule has 1 aliphatic carbocycles. The second kappa shape index (κ2) is 6.53. The molecule has 0 aromatic carbocycles. The summed E-state index contributed by atoms with van der Waals surface area (Å²) < 4.78 is 10.2. The van der Waals surface area contributed by atoms with Gasteiger partial charge in [0.05, 0.1) is 13.7 Å². The van der Waals surface area contributed by atoms with Crippen molar-refractivity contribution in [2.75, 3.05) is 27.3 Å². The number of aliphatic hydroxyl groups is 1. The van der Waals surface area contributed by atoms with Gasteiger partial charge in [-0.1, -0.05) is 0 Å². The summed E-state index contributed by atoms with van der Waals surface area (Å²) >= 11 is 0. The monoisotopic (exact) mass is 256 g/mol. The van der Waals surface area contributed by atoms with Crippen molar-refractivity contribution in [3.05, 3.63) is 24.0 Å². The Hall–Kier alpha value is -1.37. The highest BCUT2D eigenvalue weighted by molar-refractivity contribution is 5.77. The minimum Gasteiger partial charge on any atom is -0.497 e. The smallest absolute Gasteiger partial charge is 0.233 e. The predicted molar refractivity (Wildman–Crippen MR) is 66.4 cm³/mol. The van der Waals surface area contributed by atoms with E-state index in [0.717, 1.165) is 0 Å². The molecule has 0 aromatic rings. The fraction of sp³-hybridized carbons (Fsp3) is 0.583. The Bertz CT molecular complexity index is 354. The minimum atomic E-state index is -1.37. The lowest BCUT2D eigenvalue weighted by molar-refractivity contribution is -0.175. The molecule has 0 saturated carbocycles. The van der Waals surface area contributed by atoms with Crippen molar-refractivity contribution in [1.82, 2.24) is 5.32 Å². The van der Waals surface area contributed by atoms with Crippen molar-refractivity contribution in [3.8, 4) is 0 Å². The molecule has 0 aromatic heterocycles. The van der Waals surface area contributed by atoms with Crippen LogP contribution in [0.3, 0.4) is 0 Å². The first-order chi connectivity index (χ1) is 8.55. The second-order valence-corrected chi connectivity index (χ2v) is 4.01. The molecule has 6 heteroatoms. The van der Waals surface area contributed by atoms with Gasteiger partial charge < -0.3 is 25.6 Å². The van der Waals surface area contributed by atoms with E-state index in [1.807, 2.05) is 0 Å². The highest BCUT2D eigenvalue weighted by Crippen LogP contribution is 2.30. The number of nitrogens with one attached hydrogen (secondary N) is 1. The van der Waals surface area contributed by atoms with Crippen LogP contribution in [0.4, 0.5) is 0 Å². The van der Waals surface area contributed by atoms with Crippen LogP contribution >= 0.6 is 0 Å². The Kier molecular flexibility index (Phi) is 5.33. The van der Waals surface area contributed by atoms with Gasteiger partial charge in [0.15, 0.2) is 5.79 Å². The molecule has 0 radical (unpaired) electrons. The quantitative estimate of drug-likeness (QED) is 0.557. The van der Waals surface area contributed by atoms with E-state index in [0.29, 0.717) is 18.7 Å². The van der Waals surface area contributed by atoms with E-state index in [2.05, 4.69) is 5.32 Å². The van der Waals surface area contributed by atoms with Crippen molar-refractivity contribution in [1.29, 1.82) is 0 Å². The number of amides is 1. The van der Waals surface area contributed by atoms with Gasteiger partial charge in [0.25, 0.3) is 0 Å². The van der Waals surface area contributed by atoms with Gasteiger partial charge in [0.1, 0.15) is 5.76 Å². The van der Waals surface area contributed by atoms with Crippen molar-refractivity contribution < 1.29 is 19.4 Å². The lowest BCUT2D eigenvalue weighted by atomic mass is 9.90. The summed E-state index contributed by atoms with van der Waals surface area (Å²) in [6.45, 7) is 0.367. The number of ether oxygens (including phenoxy) is 2. The number of nitrogens with two attached hydrogens (primary N) is 1. The van der Waals surface area contributed by atoms with Gasteiger partial charge in [-0.25, -0.2) is 0 Å². The second-order valence-electron chi connectivity index (χ2n) is 4.01. The maximum Gasteiger partial charge on any atom is 0.233 e. The lowest BCUT2D eigenvalue weighted by Gasteiger charge is -2.33. The molecule has 0 spiro atoms. The molecule has 0 aliphatic heterocycles. The number of hydrogen-bond acceptors (Lipinski definition) is 5. The van der Waals surface area contributed by atoms with Gasteiger partial charge in [0.2, 0.25) is 5.91 Å². The molecule has 18 heavy (non-hydrogen) atoms. The van der Waals surface area contributed by atoms with E-state index in [4.69, 9.17) is 15.2 Å². The first-order valence-corrected chi connectivity index (χ1v) is 5.75. The summed E-state index contributed by atoms with van der Waals surface area (Å²) in [5.41, 5.74) is 5.19. The zero-order chi connectivity index (χ0) is 13.6. The van der Waals surface area contributed by atoms with E-state index < -0.39 is 5.79 Å². The van der Waals surface area contributed by atoms with Gasteiger partial charge in [-0.3, -0.25) is 4.79 Å². The number of allylic oxidation sites excluding steroid dienone is 1. The van der Waals surface area contributed by atoms with E-state index in [1.165, 1.54) is 7.11 Å². The molecule has 2 unspecified atom stereocenters. The standard InChI is InChI=1S/C12H20N2O4/c1-17-10-3-5-12(16,18-2)9(7-10)4-6-14-11(15)8-13/h3,5,7,9,16H,4,6,8,13H2,1-2H3,(H,14,15). The van der Waals surface area contributed by atoms with Gasteiger partial charge in [0, 0.05) is 19.6 Å². The van der Waals surface area contributed by atoms with Gasteiger partial charge in [-0.15, -0.1) is 0 Å². The Labute approximate surface area is 106 Å². The third kappa shape index (κ3) is 3.56. The van der Waals surface area contributed by atoms with Crippen LogP contribution in [0.25, 0.3) is 0 Å². The third-order valence-corrected chi connectivity index (χ3v) is 2.91. The topological polar surface area (TPSA) is 93.8 Å². The maximum absolute atomic E-state index is 11.0. The molecule has 1 rings (SSSR count). The molecular weight excluding hydrogens is 236 g/mol. The van der Waals surface area contributed by atoms with E-state index in [1.54, 1.807) is 25.3 Å². The number of carbonyl (C=O) groups is 1. The Morgan fingerprint density at radius 2 is 2.33 bits per heavy atom. The normalized spacial score (nSPS) is 26.7. The largest absolute Gasteiger partial charge is 0.497 e. The van der Waals surface area contributed by atoms with Crippen LogP contribution in [-0.4, -0.2) is 44.1 Å². The molecule has 6 nitrogen and oxygen atoms in total. The van der Waals surface area contributed by atoms with Gasteiger partial charge in [-0.05, 0) is 24.6 Å². The van der Waals surface area contributed by atoms with Crippen LogP contribution in [0, 0.1) is 5.92 Å². The zero-order valence-corrected chi connectivity index (χ0v) is 10.7. The highest BCUT2D eigenvalue weighted by atomic mass is 16.6.